The van der Waals surface area contributed by atoms with Gasteiger partial charge in [-0.3, -0.25) is 0 Å². The van der Waals surface area contributed by atoms with Crippen molar-refractivity contribution in [1.29, 1.82) is 0 Å². The van der Waals surface area contributed by atoms with Gasteiger partial charge in [0, 0.05) is 12.5 Å². The molecule has 1 fully saturated rings. The number of carbonyl (C=O) groups is 2. The van der Waals surface area contributed by atoms with E-state index < -0.39 is 0 Å². The van der Waals surface area contributed by atoms with E-state index >= 15 is 0 Å². The second kappa shape index (κ2) is 6.10. The first-order chi connectivity index (χ1) is 10.2. The van der Waals surface area contributed by atoms with Gasteiger partial charge in [-0.25, -0.2) is 9.59 Å². The average molecular weight is 288 g/mol. The monoisotopic (exact) mass is 288 g/mol. The summed E-state index contributed by atoms with van der Waals surface area (Å²) in [6.07, 6.45) is 3.74. The largest absolute Gasteiger partial charge is 0.459 e. The smallest absolute Gasteiger partial charge is 0.338 e. The van der Waals surface area contributed by atoms with Crippen LogP contribution in [0.3, 0.4) is 0 Å². The minimum absolute atomic E-state index is 0.145. The molecule has 1 saturated heterocycles. The lowest BCUT2D eigenvalue weighted by atomic mass is 10.1. The maximum absolute atomic E-state index is 11.8. The van der Waals surface area contributed by atoms with Crippen LogP contribution in [-0.2, 0) is 19.0 Å². The number of fused-ring (bicyclic) bond motifs is 1. The van der Waals surface area contributed by atoms with Crippen LogP contribution in [0.5, 0.6) is 0 Å². The minimum Gasteiger partial charge on any atom is -0.459 e. The van der Waals surface area contributed by atoms with Crippen molar-refractivity contribution in [1.82, 2.24) is 0 Å². The maximum Gasteiger partial charge on any atom is 0.338 e. The fourth-order valence-corrected chi connectivity index (χ4v) is 2.55. The highest BCUT2D eigenvalue weighted by Crippen LogP contribution is 2.28. The first-order valence-electron chi connectivity index (χ1n) is 6.97. The molecule has 1 aromatic carbocycles. The van der Waals surface area contributed by atoms with Crippen molar-refractivity contribution >= 4 is 11.9 Å². The van der Waals surface area contributed by atoms with Crippen LogP contribution in [0.15, 0.2) is 42.5 Å². The van der Waals surface area contributed by atoms with Crippen LogP contribution in [0, 0.1) is 0 Å². The molecule has 0 spiro atoms. The molecule has 0 aliphatic carbocycles. The molecule has 0 radical (unpaired) electrons. The molecular weight excluding hydrogens is 272 g/mol. The van der Waals surface area contributed by atoms with Gasteiger partial charge in [0.2, 0.25) is 0 Å². The lowest BCUT2D eigenvalue weighted by molar-refractivity contribution is -0.144. The predicted octanol–water partition coefficient (Wildman–Crippen LogP) is 1.87. The zero-order valence-electron chi connectivity index (χ0n) is 11.4. The molecule has 0 N–H and O–H groups in total. The number of rotatable bonds is 3. The van der Waals surface area contributed by atoms with Gasteiger partial charge in [-0.05, 0) is 18.6 Å². The Balaban J connectivity index is 1.52. The average Bonchev–Trinajstić information content (AvgIpc) is 2.79. The third-order valence-electron chi connectivity index (χ3n) is 3.58. The van der Waals surface area contributed by atoms with Gasteiger partial charge in [-0.2, -0.15) is 0 Å². The highest BCUT2D eigenvalue weighted by atomic mass is 16.6. The van der Waals surface area contributed by atoms with E-state index in [1.165, 1.54) is 6.08 Å². The summed E-state index contributed by atoms with van der Waals surface area (Å²) in [5.74, 6) is -0.712. The van der Waals surface area contributed by atoms with Gasteiger partial charge >= 0.3 is 11.9 Å². The quantitative estimate of drug-likeness (QED) is 0.795. The van der Waals surface area contributed by atoms with Gasteiger partial charge in [0.15, 0.2) is 0 Å². The van der Waals surface area contributed by atoms with E-state index in [2.05, 4.69) is 0 Å². The molecule has 21 heavy (non-hydrogen) atoms. The fraction of sp³-hybridized carbons (Fsp3) is 0.375. The summed E-state index contributed by atoms with van der Waals surface area (Å²) >= 11 is 0. The van der Waals surface area contributed by atoms with E-state index in [1.807, 2.05) is 6.07 Å². The van der Waals surface area contributed by atoms with Gasteiger partial charge in [0.05, 0.1) is 17.8 Å². The molecule has 2 aliphatic rings. The van der Waals surface area contributed by atoms with E-state index in [1.54, 1.807) is 30.3 Å². The number of benzene rings is 1. The zero-order valence-corrected chi connectivity index (χ0v) is 11.4. The van der Waals surface area contributed by atoms with Gasteiger partial charge in [-0.15, -0.1) is 0 Å². The zero-order chi connectivity index (χ0) is 14.7. The summed E-state index contributed by atoms with van der Waals surface area (Å²) in [6.45, 7) is 0.169. The molecular formula is C16H16O5. The third kappa shape index (κ3) is 3.31. The molecule has 0 saturated carbocycles. The summed E-state index contributed by atoms with van der Waals surface area (Å²) in [5.41, 5.74) is 0.513. The molecule has 0 aromatic heterocycles. The summed E-state index contributed by atoms with van der Waals surface area (Å²) in [6, 6.07) is 8.81. The van der Waals surface area contributed by atoms with Crippen LogP contribution in [0.25, 0.3) is 0 Å². The Morgan fingerprint density at radius 2 is 2.05 bits per heavy atom. The molecule has 3 atom stereocenters. The van der Waals surface area contributed by atoms with Crippen molar-refractivity contribution in [3.05, 3.63) is 48.0 Å². The summed E-state index contributed by atoms with van der Waals surface area (Å²) in [5, 5.41) is 0. The van der Waals surface area contributed by atoms with Crippen LogP contribution in [-0.4, -0.2) is 36.9 Å². The van der Waals surface area contributed by atoms with E-state index in [0.717, 1.165) is 0 Å². The molecule has 0 unspecified atom stereocenters. The van der Waals surface area contributed by atoms with Crippen molar-refractivity contribution in [2.75, 3.05) is 6.61 Å². The third-order valence-corrected chi connectivity index (χ3v) is 3.58. The summed E-state index contributed by atoms with van der Waals surface area (Å²) < 4.78 is 16.3. The fourth-order valence-electron chi connectivity index (χ4n) is 2.55. The van der Waals surface area contributed by atoms with E-state index in [-0.39, 0.29) is 36.9 Å². The Labute approximate surface area is 122 Å². The first kappa shape index (κ1) is 13.8. The van der Waals surface area contributed by atoms with Crippen molar-refractivity contribution < 1.29 is 23.8 Å². The Bertz CT molecular complexity index is 551. The van der Waals surface area contributed by atoms with Crippen LogP contribution in [0.4, 0.5) is 0 Å². The summed E-state index contributed by atoms with van der Waals surface area (Å²) in [7, 11) is 0. The van der Waals surface area contributed by atoms with Crippen molar-refractivity contribution in [3.63, 3.8) is 0 Å². The van der Waals surface area contributed by atoms with Crippen molar-refractivity contribution in [2.24, 2.45) is 0 Å². The number of carbonyl (C=O) groups excluding carboxylic acids is 2. The van der Waals surface area contributed by atoms with Gasteiger partial charge < -0.3 is 14.2 Å². The predicted molar refractivity (Wildman–Crippen MR) is 73.6 cm³/mol. The number of hydrogen-bond donors (Lipinski definition) is 0. The van der Waals surface area contributed by atoms with Crippen LogP contribution in [0.2, 0.25) is 0 Å². The van der Waals surface area contributed by atoms with E-state index in [0.29, 0.717) is 18.4 Å². The van der Waals surface area contributed by atoms with Gasteiger partial charge in [-0.1, -0.05) is 24.3 Å². The number of hydrogen-bond acceptors (Lipinski definition) is 5. The Morgan fingerprint density at radius 3 is 2.86 bits per heavy atom. The van der Waals surface area contributed by atoms with Crippen molar-refractivity contribution in [3.8, 4) is 0 Å². The molecule has 3 rings (SSSR count). The maximum atomic E-state index is 11.8. The van der Waals surface area contributed by atoms with E-state index in [4.69, 9.17) is 14.2 Å². The van der Waals surface area contributed by atoms with E-state index in [9.17, 15) is 9.59 Å². The van der Waals surface area contributed by atoms with Gasteiger partial charge in [0.25, 0.3) is 0 Å². The lowest BCUT2D eigenvalue weighted by Gasteiger charge is -2.14. The molecule has 0 amide bonds. The molecule has 110 valence electrons. The molecule has 0 bridgehead atoms. The Hall–Kier alpha value is -2.14. The second-order valence-corrected chi connectivity index (χ2v) is 5.11. The molecule has 2 aliphatic heterocycles. The standard InChI is InChI=1S/C16H16O5/c17-15-8-4-7-13-14(21-15)9-12(20-13)10-19-16(18)11-5-2-1-3-6-11/h1-6,8,12-14H,7,9-10H2/t12-,13-,14-/m1/s1. The first-order valence-corrected chi connectivity index (χ1v) is 6.97. The van der Waals surface area contributed by atoms with Crippen LogP contribution in [0.1, 0.15) is 23.2 Å². The molecule has 2 heterocycles. The summed E-state index contributed by atoms with van der Waals surface area (Å²) in [4.78, 5) is 23.2. The number of ether oxygens (including phenoxy) is 3. The Morgan fingerprint density at radius 1 is 1.24 bits per heavy atom. The van der Waals surface area contributed by atoms with Crippen LogP contribution >= 0.6 is 0 Å². The topological polar surface area (TPSA) is 61.8 Å². The highest BCUT2D eigenvalue weighted by Gasteiger charge is 2.38. The minimum atomic E-state index is -0.372. The highest BCUT2D eigenvalue weighted by molar-refractivity contribution is 5.89. The molecule has 1 aromatic rings. The van der Waals surface area contributed by atoms with Gasteiger partial charge in [0.1, 0.15) is 12.7 Å². The molecule has 5 nitrogen and oxygen atoms in total. The SMILES string of the molecule is O=C1C=CC[C@H]2O[C@@H](COC(=O)c3ccccc3)C[C@H]2O1. The van der Waals surface area contributed by atoms with Crippen molar-refractivity contribution in [2.45, 2.75) is 31.2 Å². The van der Waals surface area contributed by atoms with Crippen LogP contribution < -0.4 is 0 Å². The molecule has 5 heteroatoms. The Kier molecular flexibility index (Phi) is 4.01. The normalized spacial score (nSPS) is 27.6. The number of esters is 2. The second-order valence-electron chi connectivity index (χ2n) is 5.11. The lowest BCUT2D eigenvalue weighted by Crippen LogP contribution is -2.24.